The number of hydrogen-bond acceptors (Lipinski definition) is 9. The normalized spacial score (nSPS) is 16.8. The van der Waals surface area contributed by atoms with Crippen molar-refractivity contribution in [2.75, 3.05) is 25.7 Å². The molecule has 0 unspecified atom stereocenters. The van der Waals surface area contributed by atoms with E-state index in [4.69, 9.17) is 14.2 Å². The number of esters is 1. The average molecular weight is 509 g/mol. The molecule has 1 aliphatic rings. The summed E-state index contributed by atoms with van der Waals surface area (Å²) in [4.78, 5) is 44.5. The first kappa shape index (κ1) is 24.9. The Morgan fingerprint density at radius 1 is 1.06 bits per heavy atom. The molecule has 9 nitrogen and oxygen atoms in total. The van der Waals surface area contributed by atoms with Crippen LogP contribution in [0.5, 0.6) is 11.5 Å². The number of hydrogen-bond donors (Lipinski definition) is 1. The summed E-state index contributed by atoms with van der Waals surface area (Å²) in [6.07, 6.45) is 0. The van der Waals surface area contributed by atoms with Crippen LogP contribution in [0, 0.1) is 6.92 Å². The fourth-order valence-corrected chi connectivity index (χ4v) is 4.94. The standard InChI is InChI=1S/C26H24N2O7S/c1-5-35-18-12-8-16(9-13-18)21(29)19-20(15-6-10-17(33-3)11-7-15)28(24(31)22(19)30)26-27-14(2)23(36-26)25(32)34-4/h6-13,20,29H,5H2,1-4H3/b21-19+/t20-/m1/s1. The fourth-order valence-electron chi connectivity index (χ4n) is 3.93. The Morgan fingerprint density at radius 3 is 2.28 bits per heavy atom. The van der Waals surface area contributed by atoms with Crippen LogP contribution < -0.4 is 14.4 Å². The summed E-state index contributed by atoms with van der Waals surface area (Å²) < 4.78 is 15.5. The van der Waals surface area contributed by atoms with E-state index in [1.54, 1.807) is 55.5 Å². The van der Waals surface area contributed by atoms with E-state index in [0.717, 1.165) is 11.3 Å². The summed E-state index contributed by atoms with van der Waals surface area (Å²) >= 11 is 0.940. The number of ketones is 1. The van der Waals surface area contributed by atoms with E-state index in [1.165, 1.54) is 19.1 Å². The summed E-state index contributed by atoms with van der Waals surface area (Å²) in [5.41, 5.74) is 1.17. The molecule has 10 heteroatoms. The zero-order chi connectivity index (χ0) is 26.0. The number of methoxy groups -OCH3 is 2. The molecule has 0 bridgehead atoms. The largest absolute Gasteiger partial charge is 0.507 e. The van der Waals surface area contributed by atoms with E-state index >= 15 is 0 Å². The molecule has 0 aliphatic carbocycles. The summed E-state index contributed by atoms with van der Waals surface area (Å²) in [6, 6.07) is 12.4. The van der Waals surface area contributed by atoms with E-state index in [9.17, 15) is 19.5 Å². The number of Topliss-reactive ketones (excluding diaryl/α,β-unsaturated/α-hetero) is 1. The Balaban J connectivity index is 1.88. The van der Waals surface area contributed by atoms with Crippen molar-refractivity contribution in [2.45, 2.75) is 19.9 Å². The van der Waals surface area contributed by atoms with Crippen molar-refractivity contribution < 1.29 is 33.7 Å². The zero-order valence-corrected chi connectivity index (χ0v) is 20.9. The monoisotopic (exact) mass is 508 g/mol. The van der Waals surface area contributed by atoms with Crippen molar-refractivity contribution in [2.24, 2.45) is 0 Å². The minimum atomic E-state index is -0.987. The van der Waals surface area contributed by atoms with Crippen LogP contribution in [0.1, 0.15) is 39.5 Å². The van der Waals surface area contributed by atoms with Crippen LogP contribution in [0.4, 0.5) is 5.13 Å². The van der Waals surface area contributed by atoms with Crippen LogP contribution in [0.15, 0.2) is 54.1 Å². The first-order chi connectivity index (χ1) is 17.3. The van der Waals surface area contributed by atoms with Crippen molar-refractivity contribution in [1.29, 1.82) is 0 Å². The first-order valence-corrected chi connectivity index (χ1v) is 11.9. The second kappa shape index (κ2) is 10.2. The third kappa shape index (κ3) is 4.42. The van der Waals surface area contributed by atoms with Gasteiger partial charge in [-0.15, -0.1) is 0 Å². The van der Waals surface area contributed by atoms with Crippen molar-refractivity contribution in [3.8, 4) is 11.5 Å². The van der Waals surface area contributed by atoms with Gasteiger partial charge in [0.15, 0.2) is 5.13 Å². The molecule has 1 amide bonds. The highest BCUT2D eigenvalue weighted by Crippen LogP contribution is 2.44. The van der Waals surface area contributed by atoms with Gasteiger partial charge in [0.1, 0.15) is 22.1 Å². The van der Waals surface area contributed by atoms with E-state index < -0.39 is 23.7 Å². The lowest BCUT2D eigenvalue weighted by atomic mass is 9.95. The Bertz CT molecular complexity index is 1340. The lowest BCUT2D eigenvalue weighted by molar-refractivity contribution is -0.132. The lowest BCUT2D eigenvalue weighted by Crippen LogP contribution is -2.29. The quantitative estimate of drug-likeness (QED) is 0.218. The summed E-state index contributed by atoms with van der Waals surface area (Å²) in [6.45, 7) is 3.95. The molecule has 186 valence electrons. The summed E-state index contributed by atoms with van der Waals surface area (Å²) in [5, 5.41) is 11.4. The van der Waals surface area contributed by atoms with Gasteiger partial charge in [-0.05, 0) is 55.8 Å². The molecule has 3 aromatic rings. The highest BCUT2D eigenvalue weighted by molar-refractivity contribution is 7.17. The Kier molecular flexibility index (Phi) is 7.07. The SMILES string of the molecule is CCOc1ccc(/C(O)=C2\C(=O)C(=O)N(c3nc(C)c(C(=O)OC)s3)[C@@H]2c2ccc(OC)cc2)cc1. The highest BCUT2D eigenvalue weighted by Gasteiger charge is 2.48. The van der Waals surface area contributed by atoms with Gasteiger partial charge in [0, 0.05) is 5.56 Å². The number of carbonyl (C=O) groups excluding carboxylic acids is 3. The maximum atomic E-state index is 13.3. The number of aromatic nitrogens is 1. The third-order valence-corrected chi connectivity index (χ3v) is 6.81. The van der Waals surface area contributed by atoms with E-state index in [1.807, 2.05) is 6.92 Å². The molecule has 1 saturated heterocycles. The summed E-state index contributed by atoms with van der Waals surface area (Å²) in [7, 11) is 2.78. The number of thiazole rings is 1. The number of aliphatic hydroxyl groups excluding tert-OH is 1. The van der Waals surface area contributed by atoms with Crippen molar-refractivity contribution >= 4 is 39.9 Å². The second-order valence-corrected chi connectivity index (χ2v) is 8.78. The van der Waals surface area contributed by atoms with Crippen LogP contribution in [0.3, 0.4) is 0 Å². The predicted molar refractivity (Wildman–Crippen MR) is 134 cm³/mol. The minimum absolute atomic E-state index is 0.0956. The smallest absolute Gasteiger partial charge is 0.350 e. The molecule has 2 aromatic carbocycles. The van der Waals surface area contributed by atoms with Gasteiger partial charge in [-0.3, -0.25) is 14.5 Å². The number of rotatable bonds is 7. The van der Waals surface area contributed by atoms with Gasteiger partial charge in [-0.1, -0.05) is 23.5 Å². The zero-order valence-electron chi connectivity index (χ0n) is 20.1. The molecule has 36 heavy (non-hydrogen) atoms. The molecular weight excluding hydrogens is 484 g/mol. The molecule has 1 fully saturated rings. The number of aryl methyl sites for hydroxylation is 1. The van der Waals surface area contributed by atoms with Crippen molar-refractivity contribution in [3.05, 3.63) is 75.8 Å². The molecule has 2 heterocycles. The fraction of sp³-hybridized carbons (Fsp3) is 0.231. The predicted octanol–water partition coefficient (Wildman–Crippen LogP) is 4.27. The third-order valence-electron chi connectivity index (χ3n) is 5.68. The first-order valence-electron chi connectivity index (χ1n) is 11.0. The van der Waals surface area contributed by atoms with Gasteiger partial charge in [-0.2, -0.15) is 0 Å². The second-order valence-electron chi connectivity index (χ2n) is 7.80. The number of nitrogens with zero attached hydrogens (tertiary/aromatic N) is 2. The number of benzene rings is 2. The number of carbonyl (C=O) groups is 3. The maximum Gasteiger partial charge on any atom is 0.350 e. The van der Waals surface area contributed by atoms with E-state index in [2.05, 4.69) is 4.98 Å². The number of amides is 1. The number of ether oxygens (including phenoxy) is 3. The molecule has 0 spiro atoms. The van der Waals surface area contributed by atoms with Gasteiger partial charge in [0.05, 0.1) is 38.1 Å². The highest BCUT2D eigenvalue weighted by atomic mass is 32.1. The molecule has 1 aliphatic heterocycles. The van der Waals surface area contributed by atoms with E-state index in [0.29, 0.717) is 34.9 Å². The van der Waals surface area contributed by atoms with Crippen LogP contribution in [-0.2, 0) is 14.3 Å². The molecule has 1 aromatic heterocycles. The molecule has 1 N–H and O–H groups in total. The van der Waals surface area contributed by atoms with Crippen LogP contribution in [0.25, 0.3) is 5.76 Å². The number of aliphatic hydroxyl groups is 1. The van der Waals surface area contributed by atoms with Crippen LogP contribution in [0.2, 0.25) is 0 Å². The number of anilines is 1. The van der Waals surface area contributed by atoms with Gasteiger partial charge < -0.3 is 19.3 Å². The van der Waals surface area contributed by atoms with Gasteiger partial charge in [0.2, 0.25) is 0 Å². The molecule has 4 rings (SSSR count). The van der Waals surface area contributed by atoms with Gasteiger partial charge >= 0.3 is 11.9 Å². The van der Waals surface area contributed by atoms with Crippen molar-refractivity contribution in [3.63, 3.8) is 0 Å². The topological polar surface area (TPSA) is 115 Å². The van der Waals surface area contributed by atoms with E-state index in [-0.39, 0.29) is 21.3 Å². The Hall–Kier alpha value is -4.18. The van der Waals surface area contributed by atoms with Gasteiger partial charge in [0.25, 0.3) is 5.78 Å². The van der Waals surface area contributed by atoms with Crippen LogP contribution >= 0.6 is 11.3 Å². The average Bonchev–Trinajstić information content (AvgIpc) is 3.40. The lowest BCUT2D eigenvalue weighted by Gasteiger charge is -2.23. The Morgan fingerprint density at radius 2 is 1.69 bits per heavy atom. The van der Waals surface area contributed by atoms with Crippen molar-refractivity contribution in [1.82, 2.24) is 4.98 Å². The molecular formula is C26H24N2O7S. The van der Waals surface area contributed by atoms with Gasteiger partial charge in [-0.25, -0.2) is 9.78 Å². The molecule has 0 radical (unpaired) electrons. The molecule has 0 saturated carbocycles. The van der Waals surface area contributed by atoms with Crippen LogP contribution in [-0.4, -0.2) is 48.6 Å². The summed E-state index contributed by atoms with van der Waals surface area (Å²) in [5.74, 6) is -1.47. The minimum Gasteiger partial charge on any atom is -0.507 e. The Labute approximate surface area is 211 Å². The molecule has 1 atom stereocenters. The maximum absolute atomic E-state index is 13.3.